The normalized spacial score (nSPS) is 10.3. The lowest BCUT2D eigenvalue weighted by molar-refractivity contribution is -0.385. The Kier molecular flexibility index (Phi) is 6.90. The number of ether oxygens (including phenoxy) is 2. The number of anilines is 2. The van der Waals surface area contributed by atoms with Gasteiger partial charge < -0.3 is 20.5 Å². The third-order valence-electron chi connectivity index (χ3n) is 3.10. The fourth-order valence-electron chi connectivity index (χ4n) is 1.89. The number of nitrogens with zero attached hydrogens (tertiary/aromatic N) is 3. The molecule has 0 fully saturated rings. The van der Waals surface area contributed by atoms with Crippen LogP contribution in [-0.2, 0) is 14.3 Å². The zero-order chi connectivity index (χ0) is 20.0. The lowest BCUT2D eigenvalue weighted by Crippen LogP contribution is -2.22. The van der Waals surface area contributed by atoms with Crippen molar-refractivity contribution in [3.05, 3.63) is 27.8 Å². The van der Waals surface area contributed by atoms with Crippen molar-refractivity contribution in [2.75, 3.05) is 30.5 Å². The lowest BCUT2D eigenvalue weighted by Gasteiger charge is -2.11. The first-order valence-electron chi connectivity index (χ1n) is 7.30. The number of nitrogens with two attached hydrogens (primary N) is 1. The van der Waals surface area contributed by atoms with Crippen LogP contribution in [0.2, 0.25) is 0 Å². The molecule has 1 heterocycles. The van der Waals surface area contributed by atoms with Crippen LogP contribution in [0, 0.1) is 17.0 Å². The zero-order valence-electron chi connectivity index (χ0n) is 14.3. The van der Waals surface area contributed by atoms with E-state index >= 15 is 0 Å². The highest BCUT2D eigenvalue weighted by atomic mass is 32.2. The summed E-state index contributed by atoms with van der Waals surface area (Å²) in [5, 5.41) is 21.1. The molecular weight excluding hydrogens is 398 g/mol. The second-order valence-electron chi connectivity index (χ2n) is 5.00. The number of hydrogen-bond acceptors (Lipinski definition) is 11. The fraction of sp³-hybridized carbons (Fsp3) is 0.286. The number of nitro benzene ring substituents is 1. The van der Waals surface area contributed by atoms with E-state index in [0.29, 0.717) is 20.7 Å². The first-order chi connectivity index (χ1) is 12.8. The average Bonchev–Trinajstić information content (AvgIpc) is 3.04. The molecule has 3 N–H and O–H groups in total. The Balaban J connectivity index is 1.88. The summed E-state index contributed by atoms with van der Waals surface area (Å²) in [6, 6.07) is 2.62. The van der Waals surface area contributed by atoms with Gasteiger partial charge in [0.25, 0.3) is 5.91 Å². The van der Waals surface area contributed by atoms with E-state index in [1.807, 2.05) is 0 Å². The molecule has 144 valence electrons. The minimum atomic E-state index is -0.609. The molecule has 1 aromatic carbocycles. The molecule has 2 rings (SSSR count). The average molecular weight is 413 g/mol. The molecule has 11 nitrogen and oxygen atoms in total. The van der Waals surface area contributed by atoms with E-state index in [0.717, 1.165) is 23.1 Å². The molecule has 0 saturated heterocycles. The van der Waals surface area contributed by atoms with Gasteiger partial charge in [-0.3, -0.25) is 19.7 Å². The van der Waals surface area contributed by atoms with Crippen molar-refractivity contribution in [2.45, 2.75) is 11.3 Å². The molecule has 2 aromatic rings. The number of methoxy groups -OCH3 is 1. The Morgan fingerprint density at radius 1 is 1.41 bits per heavy atom. The standard InChI is InChI=1S/C14H15N5O6S2/c1-7-3-9(19(22)23)10(24-2)4-8(7)16-11(20)5-25-12(21)6-26-14-18-17-13(15)27-14/h3-4H,5-6H2,1-2H3,(H2,15,17)(H,16,20). The Morgan fingerprint density at radius 2 is 2.15 bits per heavy atom. The molecule has 27 heavy (non-hydrogen) atoms. The number of aromatic nitrogens is 2. The van der Waals surface area contributed by atoms with Crippen LogP contribution in [-0.4, -0.2) is 46.5 Å². The molecule has 0 atom stereocenters. The van der Waals surface area contributed by atoms with Crippen LogP contribution in [0.15, 0.2) is 16.5 Å². The molecule has 1 aromatic heterocycles. The number of amides is 1. The zero-order valence-corrected chi connectivity index (χ0v) is 15.9. The van der Waals surface area contributed by atoms with E-state index in [4.69, 9.17) is 15.2 Å². The van der Waals surface area contributed by atoms with Crippen LogP contribution < -0.4 is 15.8 Å². The third-order valence-corrected chi connectivity index (χ3v) is 4.96. The van der Waals surface area contributed by atoms with Crippen LogP contribution >= 0.6 is 23.1 Å². The highest BCUT2D eigenvalue weighted by Gasteiger charge is 2.19. The van der Waals surface area contributed by atoms with E-state index in [9.17, 15) is 19.7 Å². The Hall–Kier alpha value is -2.93. The van der Waals surface area contributed by atoms with Gasteiger partial charge in [0.15, 0.2) is 16.7 Å². The number of benzene rings is 1. The topological polar surface area (TPSA) is 160 Å². The van der Waals surface area contributed by atoms with E-state index in [2.05, 4.69) is 15.5 Å². The number of esters is 1. The van der Waals surface area contributed by atoms with Crippen LogP contribution in [0.4, 0.5) is 16.5 Å². The molecule has 0 aliphatic carbocycles. The van der Waals surface area contributed by atoms with Crippen molar-refractivity contribution in [2.24, 2.45) is 0 Å². The van der Waals surface area contributed by atoms with Gasteiger partial charge in [-0.25, -0.2) is 0 Å². The molecule has 0 saturated carbocycles. The molecule has 1 amide bonds. The summed E-state index contributed by atoms with van der Waals surface area (Å²) in [4.78, 5) is 34.0. The summed E-state index contributed by atoms with van der Waals surface area (Å²) in [7, 11) is 1.29. The fourth-order valence-corrected chi connectivity index (χ4v) is 3.32. The predicted molar refractivity (Wildman–Crippen MR) is 99.0 cm³/mol. The van der Waals surface area contributed by atoms with Crippen molar-refractivity contribution in [1.29, 1.82) is 0 Å². The molecule has 0 aliphatic rings. The van der Waals surface area contributed by atoms with E-state index < -0.39 is 23.4 Å². The van der Waals surface area contributed by atoms with Crippen LogP contribution in [0.1, 0.15) is 5.56 Å². The smallest absolute Gasteiger partial charge is 0.316 e. The van der Waals surface area contributed by atoms with Gasteiger partial charge in [0.05, 0.1) is 17.8 Å². The van der Waals surface area contributed by atoms with Crippen molar-refractivity contribution in [3.8, 4) is 5.75 Å². The molecule has 13 heteroatoms. The number of hydrogen-bond donors (Lipinski definition) is 2. The number of rotatable bonds is 8. The lowest BCUT2D eigenvalue weighted by atomic mass is 10.1. The highest BCUT2D eigenvalue weighted by Crippen LogP contribution is 2.32. The van der Waals surface area contributed by atoms with Gasteiger partial charge in [-0.05, 0) is 12.5 Å². The summed E-state index contributed by atoms with van der Waals surface area (Å²) >= 11 is 2.23. The number of thioether (sulfide) groups is 1. The quantitative estimate of drug-likeness (QED) is 0.282. The number of nitro groups is 1. The largest absolute Gasteiger partial charge is 0.490 e. The van der Waals surface area contributed by atoms with Crippen molar-refractivity contribution < 1.29 is 24.0 Å². The first kappa shape index (κ1) is 20.4. The SMILES string of the molecule is COc1cc(NC(=O)COC(=O)CSc2nnc(N)s2)c(C)cc1[N+](=O)[O-]. The summed E-state index contributed by atoms with van der Waals surface area (Å²) in [5.74, 6) is -1.24. The molecule has 0 bridgehead atoms. The maximum atomic E-state index is 12.0. The first-order valence-corrected chi connectivity index (χ1v) is 9.10. The van der Waals surface area contributed by atoms with Crippen molar-refractivity contribution >= 4 is 51.5 Å². The Labute approximate surface area is 161 Å². The minimum Gasteiger partial charge on any atom is -0.490 e. The number of aryl methyl sites for hydroxylation is 1. The highest BCUT2D eigenvalue weighted by molar-refractivity contribution is 8.01. The summed E-state index contributed by atoms with van der Waals surface area (Å²) in [6.07, 6.45) is 0. The maximum absolute atomic E-state index is 12.0. The van der Waals surface area contributed by atoms with E-state index in [-0.39, 0.29) is 17.2 Å². The van der Waals surface area contributed by atoms with Gasteiger partial charge in [-0.15, -0.1) is 10.2 Å². The van der Waals surface area contributed by atoms with E-state index in [1.54, 1.807) is 6.92 Å². The van der Waals surface area contributed by atoms with Gasteiger partial charge in [0, 0.05) is 17.8 Å². The number of carbonyl (C=O) groups is 2. The second-order valence-corrected chi connectivity index (χ2v) is 7.23. The van der Waals surface area contributed by atoms with Crippen molar-refractivity contribution in [3.63, 3.8) is 0 Å². The number of nitrogens with one attached hydrogen (secondary N) is 1. The van der Waals surface area contributed by atoms with Gasteiger partial charge >= 0.3 is 11.7 Å². The summed E-state index contributed by atoms with van der Waals surface area (Å²) in [5.41, 5.74) is 6.00. The maximum Gasteiger partial charge on any atom is 0.316 e. The van der Waals surface area contributed by atoms with Crippen LogP contribution in [0.25, 0.3) is 0 Å². The van der Waals surface area contributed by atoms with Gasteiger partial charge in [-0.1, -0.05) is 23.1 Å². The predicted octanol–water partition coefficient (Wildman–Crippen LogP) is 1.62. The van der Waals surface area contributed by atoms with Crippen LogP contribution in [0.5, 0.6) is 5.75 Å². The molecule has 0 aliphatic heterocycles. The minimum absolute atomic E-state index is 0.00521. The van der Waals surface area contributed by atoms with Gasteiger partial charge in [0.2, 0.25) is 5.13 Å². The molecule has 0 spiro atoms. The number of carbonyl (C=O) groups excluding carboxylic acids is 2. The Bertz CT molecular complexity index is 872. The van der Waals surface area contributed by atoms with Gasteiger partial charge in [-0.2, -0.15) is 0 Å². The van der Waals surface area contributed by atoms with Gasteiger partial charge in [0.1, 0.15) is 0 Å². The van der Waals surface area contributed by atoms with E-state index in [1.165, 1.54) is 19.2 Å². The second kappa shape index (κ2) is 9.14. The van der Waals surface area contributed by atoms with Crippen molar-refractivity contribution in [1.82, 2.24) is 10.2 Å². The molecule has 0 unspecified atom stereocenters. The third kappa shape index (κ3) is 5.79. The summed E-state index contributed by atoms with van der Waals surface area (Å²) in [6.45, 7) is 1.09. The Morgan fingerprint density at radius 3 is 2.74 bits per heavy atom. The molecular formula is C14H15N5O6S2. The van der Waals surface area contributed by atoms with Crippen LogP contribution in [0.3, 0.4) is 0 Å². The number of nitrogen functional groups attached to an aromatic ring is 1. The molecule has 0 radical (unpaired) electrons. The monoisotopic (exact) mass is 413 g/mol. The summed E-state index contributed by atoms with van der Waals surface area (Å²) < 4.78 is 10.4.